The Labute approximate surface area is 176 Å². The third-order valence-corrected chi connectivity index (χ3v) is 4.73. The zero-order valence-electron chi connectivity index (χ0n) is 17.4. The molecule has 1 aromatic carbocycles. The van der Waals surface area contributed by atoms with Gasteiger partial charge < -0.3 is 19.1 Å². The van der Waals surface area contributed by atoms with Crippen molar-refractivity contribution in [3.05, 3.63) is 34.6 Å². The number of rotatable bonds is 6. The molecule has 0 bridgehead atoms. The second-order valence-corrected chi connectivity index (χ2v) is 8.45. The smallest absolute Gasteiger partial charge is 0.410 e. The summed E-state index contributed by atoms with van der Waals surface area (Å²) in [4.78, 5) is 26.3. The van der Waals surface area contributed by atoms with E-state index >= 15 is 0 Å². The van der Waals surface area contributed by atoms with E-state index in [-0.39, 0.29) is 35.8 Å². The van der Waals surface area contributed by atoms with Crippen LogP contribution in [0.1, 0.15) is 52.2 Å². The first kappa shape index (κ1) is 23.4. The second kappa shape index (κ2) is 10.3. The quantitative estimate of drug-likeness (QED) is 0.610. The standard InChI is InChI=1S/C21H29ClFNO5/c1-5-27-19(25)18(15-9-6-10-16(22)17(15)23)28-13-14-8-7-11-24(12-14)20(26)29-21(2,3)4/h6,9-10,14,18H,5,7-8,11-13H2,1-4H3/t14-,18-/m1/s1. The number of nitrogens with zero attached hydrogens (tertiary/aromatic N) is 1. The predicted octanol–water partition coefficient (Wildman–Crippen LogP) is 4.75. The molecule has 1 aliphatic heterocycles. The van der Waals surface area contributed by atoms with Gasteiger partial charge in [-0.3, -0.25) is 0 Å². The monoisotopic (exact) mass is 429 g/mol. The molecule has 1 fully saturated rings. The van der Waals surface area contributed by atoms with Crippen molar-refractivity contribution in [3.8, 4) is 0 Å². The number of hydrogen-bond donors (Lipinski definition) is 0. The minimum absolute atomic E-state index is 0.00422. The molecule has 0 unspecified atom stereocenters. The molecule has 8 heteroatoms. The van der Waals surface area contributed by atoms with Crippen molar-refractivity contribution in [3.63, 3.8) is 0 Å². The van der Waals surface area contributed by atoms with Gasteiger partial charge in [-0.05, 0) is 46.6 Å². The van der Waals surface area contributed by atoms with E-state index in [1.807, 2.05) is 20.8 Å². The topological polar surface area (TPSA) is 65.1 Å². The average molecular weight is 430 g/mol. The van der Waals surface area contributed by atoms with Gasteiger partial charge in [0.05, 0.1) is 18.2 Å². The Morgan fingerprint density at radius 1 is 1.34 bits per heavy atom. The summed E-state index contributed by atoms with van der Waals surface area (Å²) in [6.45, 7) is 8.50. The van der Waals surface area contributed by atoms with Crippen molar-refractivity contribution >= 4 is 23.7 Å². The molecule has 0 radical (unpaired) electrons. The summed E-state index contributed by atoms with van der Waals surface area (Å²) in [5.41, 5.74) is -0.532. The van der Waals surface area contributed by atoms with Crippen LogP contribution in [0.3, 0.4) is 0 Å². The lowest BCUT2D eigenvalue weighted by Gasteiger charge is -2.34. The van der Waals surface area contributed by atoms with Crippen LogP contribution in [0.25, 0.3) is 0 Å². The molecular weight excluding hydrogens is 401 g/mol. The average Bonchev–Trinajstić information content (AvgIpc) is 2.64. The van der Waals surface area contributed by atoms with Crippen LogP contribution in [0, 0.1) is 11.7 Å². The molecule has 1 saturated heterocycles. The minimum atomic E-state index is -1.22. The Morgan fingerprint density at radius 2 is 2.07 bits per heavy atom. The zero-order chi connectivity index (χ0) is 21.6. The lowest BCUT2D eigenvalue weighted by molar-refractivity contribution is -0.158. The first-order valence-electron chi connectivity index (χ1n) is 9.82. The fraction of sp³-hybridized carbons (Fsp3) is 0.619. The maximum atomic E-state index is 14.5. The van der Waals surface area contributed by atoms with Crippen molar-refractivity contribution in [1.82, 2.24) is 4.90 Å². The third-order valence-electron chi connectivity index (χ3n) is 4.43. The van der Waals surface area contributed by atoms with Gasteiger partial charge in [-0.15, -0.1) is 0 Å². The third kappa shape index (κ3) is 6.85. The highest BCUT2D eigenvalue weighted by Gasteiger charge is 2.31. The number of halogens is 2. The van der Waals surface area contributed by atoms with Gasteiger partial charge in [0.15, 0.2) is 6.10 Å². The molecule has 29 heavy (non-hydrogen) atoms. The molecule has 0 saturated carbocycles. The maximum Gasteiger partial charge on any atom is 0.410 e. The van der Waals surface area contributed by atoms with E-state index < -0.39 is 23.5 Å². The van der Waals surface area contributed by atoms with Crippen molar-refractivity contribution in [2.75, 3.05) is 26.3 Å². The molecule has 6 nitrogen and oxygen atoms in total. The molecule has 1 aliphatic rings. The van der Waals surface area contributed by atoms with Crippen LogP contribution in [0.2, 0.25) is 5.02 Å². The molecular formula is C21H29ClFNO5. The molecule has 2 rings (SSSR count). The number of esters is 1. The highest BCUT2D eigenvalue weighted by atomic mass is 35.5. The van der Waals surface area contributed by atoms with Crippen LogP contribution in [0.15, 0.2) is 18.2 Å². The molecule has 0 N–H and O–H groups in total. The number of carbonyl (C=O) groups excluding carboxylic acids is 2. The number of likely N-dealkylation sites (tertiary alicyclic amines) is 1. The number of carbonyl (C=O) groups is 2. The van der Waals surface area contributed by atoms with Gasteiger partial charge in [-0.1, -0.05) is 23.7 Å². The van der Waals surface area contributed by atoms with E-state index in [0.717, 1.165) is 12.8 Å². The highest BCUT2D eigenvalue weighted by molar-refractivity contribution is 6.30. The molecule has 1 heterocycles. The van der Waals surface area contributed by atoms with E-state index in [9.17, 15) is 14.0 Å². The largest absolute Gasteiger partial charge is 0.464 e. The van der Waals surface area contributed by atoms with Crippen molar-refractivity contribution in [1.29, 1.82) is 0 Å². The SMILES string of the molecule is CCOC(=O)[C@H](OC[C@@H]1CCCN(C(=O)OC(C)(C)C)C1)c1cccc(Cl)c1F. The Morgan fingerprint density at radius 3 is 2.72 bits per heavy atom. The number of benzene rings is 1. The molecule has 1 amide bonds. The van der Waals surface area contributed by atoms with Crippen LogP contribution in [-0.4, -0.2) is 48.9 Å². The summed E-state index contributed by atoms with van der Waals surface area (Å²) in [5, 5.41) is -0.0887. The van der Waals surface area contributed by atoms with Crippen molar-refractivity contribution < 1.29 is 28.2 Å². The summed E-state index contributed by atoms with van der Waals surface area (Å²) in [5.74, 6) is -1.38. The number of amides is 1. The van der Waals surface area contributed by atoms with Crippen LogP contribution in [0.5, 0.6) is 0 Å². The van der Waals surface area contributed by atoms with Gasteiger partial charge in [0.2, 0.25) is 0 Å². The van der Waals surface area contributed by atoms with E-state index in [1.54, 1.807) is 17.9 Å². The fourth-order valence-corrected chi connectivity index (χ4v) is 3.33. The van der Waals surface area contributed by atoms with Gasteiger partial charge in [-0.2, -0.15) is 0 Å². The first-order valence-corrected chi connectivity index (χ1v) is 10.2. The van der Waals surface area contributed by atoms with Crippen LogP contribution in [-0.2, 0) is 19.0 Å². The first-order chi connectivity index (χ1) is 13.6. The summed E-state index contributed by atoms with van der Waals surface area (Å²) >= 11 is 5.85. The Kier molecular flexibility index (Phi) is 8.28. The summed E-state index contributed by atoms with van der Waals surface area (Å²) in [7, 11) is 0. The van der Waals surface area contributed by atoms with E-state index in [2.05, 4.69) is 0 Å². The van der Waals surface area contributed by atoms with E-state index in [4.69, 9.17) is 25.8 Å². The van der Waals surface area contributed by atoms with Crippen LogP contribution < -0.4 is 0 Å². The van der Waals surface area contributed by atoms with Crippen molar-refractivity contribution in [2.45, 2.75) is 52.2 Å². The number of hydrogen-bond acceptors (Lipinski definition) is 5. The summed E-state index contributed by atoms with van der Waals surface area (Å²) in [6, 6.07) is 4.42. The van der Waals surface area contributed by atoms with Crippen LogP contribution >= 0.6 is 11.6 Å². The highest BCUT2D eigenvalue weighted by Crippen LogP contribution is 2.29. The number of ether oxygens (including phenoxy) is 3. The minimum Gasteiger partial charge on any atom is -0.464 e. The van der Waals surface area contributed by atoms with E-state index in [1.165, 1.54) is 12.1 Å². The lowest BCUT2D eigenvalue weighted by atomic mass is 9.99. The second-order valence-electron chi connectivity index (χ2n) is 8.04. The Hall–Kier alpha value is -1.86. The van der Waals surface area contributed by atoms with Crippen LogP contribution in [0.4, 0.5) is 9.18 Å². The van der Waals surface area contributed by atoms with E-state index in [0.29, 0.717) is 13.1 Å². The molecule has 0 spiro atoms. The number of piperidine rings is 1. The Balaban J connectivity index is 2.05. The summed E-state index contributed by atoms with van der Waals surface area (Å²) < 4.78 is 30.7. The molecule has 0 aromatic heterocycles. The predicted molar refractivity (Wildman–Crippen MR) is 107 cm³/mol. The van der Waals surface area contributed by atoms with Gasteiger partial charge in [0.25, 0.3) is 0 Å². The van der Waals surface area contributed by atoms with Crippen molar-refractivity contribution in [2.24, 2.45) is 5.92 Å². The molecule has 1 aromatic rings. The molecule has 0 aliphatic carbocycles. The van der Waals surface area contributed by atoms with Gasteiger partial charge in [0.1, 0.15) is 11.4 Å². The van der Waals surface area contributed by atoms with Gasteiger partial charge >= 0.3 is 12.1 Å². The summed E-state index contributed by atoms with van der Waals surface area (Å²) in [6.07, 6.45) is 0.0333. The lowest BCUT2D eigenvalue weighted by Crippen LogP contribution is -2.44. The fourth-order valence-electron chi connectivity index (χ4n) is 3.15. The molecule has 162 valence electrons. The van der Waals surface area contributed by atoms with Gasteiger partial charge in [0, 0.05) is 24.6 Å². The normalized spacial score (nSPS) is 18.3. The zero-order valence-corrected chi connectivity index (χ0v) is 18.1. The van der Waals surface area contributed by atoms with Gasteiger partial charge in [-0.25, -0.2) is 14.0 Å². The maximum absolute atomic E-state index is 14.5. The molecule has 2 atom stereocenters. The Bertz CT molecular complexity index is 722.